The highest BCUT2D eigenvalue weighted by Crippen LogP contribution is 2.36. The van der Waals surface area contributed by atoms with E-state index < -0.39 is 0 Å². The van der Waals surface area contributed by atoms with Gasteiger partial charge in [-0.1, -0.05) is 13.0 Å². The van der Waals surface area contributed by atoms with E-state index in [1.807, 2.05) is 6.92 Å². The van der Waals surface area contributed by atoms with Gasteiger partial charge in [0.25, 0.3) is 0 Å². The fourth-order valence-corrected chi connectivity index (χ4v) is 2.04. The molecule has 1 heterocycles. The molecule has 1 aromatic carbocycles. The number of nitrogen functional groups attached to an aromatic ring is 1. The van der Waals surface area contributed by atoms with Crippen LogP contribution in [0.2, 0.25) is 0 Å². The summed E-state index contributed by atoms with van der Waals surface area (Å²) in [6, 6.07) is 5.27. The number of anilines is 1. The summed E-state index contributed by atoms with van der Waals surface area (Å²) >= 11 is 0. The zero-order valence-corrected chi connectivity index (χ0v) is 12.6. The third-order valence-corrected chi connectivity index (χ3v) is 3.18. The first-order valence-electron chi connectivity index (χ1n) is 6.89. The van der Waals surface area contributed by atoms with Crippen molar-refractivity contribution in [2.75, 3.05) is 12.8 Å². The van der Waals surface area contributed by atoms with Crippen LogP contribution in [0.25, 0.3) is 0 Å². The molecule has 6 nitrogen and oxygen atoms in total. The number of nitrogens with two attached hydrogens (primary N) is 1. The van der Waals surface area contributed by atoms with Crippen molar-refractivity contribution in [3.63, 3.8) is 0 Å². The molecule has 1 aromatic heterocycles. The molecule has 0 amide bonds. The third kappa shape index (κ3) is 3.11. The van der Waals surface area contributed by atoms with E-state index in [1.165, 1.54) is 0 Å². The topological polar surface area (TPSA) is 82.5 Å². The molecule has 0 bridgehead atoms. The average Bonchev–Trinajstić information content (AvgIpc) is 2.75. The van der Waals surface area contributed by atoms with E-state index in [4.69, 9.17) is 20.3 Å². The Morgan fingerprint density at radius 3 is 2.71 bits per heavy atom. The van der Waals surface area contributed by atoms with Crippen LogP contribution in [0.4, 0.5) is 5.69 Å². The number of hydrogen-bond acceptors (Lipinski definition) is 5. The number of aromatic nitrogens is 2. The zero-order valence-electron chi connectivity index (χ0n) is 12.6. The first kappa shape index (κ1) is 15.2. The summed E-state index contributed by atoms with van der Waals surface area (Å²) in [5.41, 5.74) is 8.06. The Morgan fingerprint density at radius 1 is 1.33 bits per heavy atom. The van der Waals surface area contributed by atoms with E-state index in [-0.39, 0.29) is 6.61 Å². The molecule has 0 aliphatic carbocycles. The molecule has 0 saturated carbocycles. The zero-order chi connectivity index (χ0) is 15.4. The minimum atomic E-state index is -0.0499. The molecule has 2 rings (SSSR count). The van der Waals surface area contributed by atoms with Crippen molar-refractivity contribution in [2.45, 2.75) is 33.4 Å². The lowest BCUT2D eigenvalue weighted by atomic mass is 10.2. The van der Waals surface area contributed by atoms with E-state index in [0.29, 0.717) is 23.1 Å². The lowest BCUT2D eigenvalue weighted by molar-refractivity contribution is 0.280. The van der Waals surface area contributed by atoms with Gasteiger partial charge in [-0.05, 0) is 31.0 Å². The number of methoxy groups -OCH3 is 1. The molecule has 2 aromatic rings. The second-order valence-electron chi connectivity index (χ2n) is 4.77. The van der Waals surface area contributed by atoms with Gasteiger partial charge in [-0.3, -0.25) is 0 Å². The van der Waals surface area contributed by atoms with Crippen LogP contribution in [0.1, 0.15) is 24.6 Å². The molecule has 3 N–H and O–H groups in total. The number of hydrogen-bond donors (Lipinski definition) is 2. The Kier molecular flexibility index (Phi) is 4.70. The fourth-order valence-electron chi connectivity index (χ4n) is 2.04. The molecule has 0 unspecified atom stereocenters. The van der Waals surface area contributed by atoms with Crippen LogP contribution in [-0.4, -0.2) is 22.0 Å². The molecule has 21 heavy (non-hydrogen) atoms. The number of aliphatic hydroxyl groups excluding tert-OH is 1. The van der Waals surface area contributed by atoms with Crippen molar-refractivity contribution in [1.82, 2.24) is 9.78 Å². The van der Waals surface area contributed by atoms with Gasteiger partial charge in [-0.15, -0.1) is 0 Å². The quantitative estimate of drug-likeness (QED) is 0.854. The fraction of sp³-hybridized carbons (Fsp3) is 0.400. The van der Waals surface area contributed by atoms with Crippen molar-refractivity contribution >= 4 is 5.69 Å². The lowest BCUT2D eigenvalue weighted by Gasteiger charge is -2.13. The number of aliphatic hydroxyl groups is 1. The summed E-state index contributed by atoms with van der Waals surface area (Å²) < 4.78 is 13.0. The molecule has 0 aliphatic rings. The minimum Gasteiger partial charge on any atom is -0.493 e. The predicted molar refractivity (Wildman–Crippen MR) is 80.7 cm³/mol. The second kappa shape index (κ2) is 6.49. The maximum absolute atomic E-state index is 9.17. The lowest BCUT2D eigenvalue weighted by Crippen LogP contribution is -2.03. The van der Waals surface area contributed by atoms with E-state index >= 15 is 0 Å². The monoisotopic (exact) mass is 291 g/mol. The van der Waals surface area contributed by atoms with Gasteiger partial charge in [-0.2, -0.15) is 5.10 Å². The van der Waals surface area contributed by atoms with Crippen LogP contribution in [0.15, 0.2) is 18.2 Å². The Balaban J connectivity index is 2.38. The maximum atomic E-state index is 9.17. The van der Waals surface area contributed by atoms with Gasteiger partial charge in [0.15, 0.2) is 11.5 Å². The molecule has 0 spiro atoms. The van der Waals surface area contributed by atoms with Crippen LogP contribution in [-0.2, 0) is 13.2 Å². The molecule has 114 valence electrons. The van der Waals surface area contributed by atoms with Gasteiger partial charge in [-0.25, -0.2) is 4.68 Å². The number of ether oxygens (including phenoxy) is 2. The predicted octanol–water partition coefficient (Wildman–Crippen LogP) is 2.48. The van der Waals surface area contributed by atoms with E-state index in [2.05, 4.69) is 12.0 Å². The molecular weight excluding hydrogens is 270 g/mol. The highest BCUT2D eigenvalue weighted by atomic mass is 16.5. The highest BCUT2D eigenvalue weighted by Gasteiger charge is 2.16. The van der Waals surface area contributed by atoms with Crippen molar-refractivity contribution in [1.29, 1.82) is 0 Å². The van der Waals surface area contributed by atoms with Crippen molar-refractivity contribution in [3.05, 3.63) is 29.5 Å². The molecule has 6 heteroatoms. The molecule has 0 saturated heterocycles. The number of aryl methyl sites for hydroxylation is 2. The normalized spacial score (nSPS) is 10.7. The average molecular weight is 291 g/mol. The first-order valence-corrected chi connectivity index (χ1v) is 6.89. The summed E-state index contributed by atoms with van der Waals surface area (Å²) in [6.45, 7) is 4.59. The summed E-state index contributed by atoms with van der Waals surface area (Å²) in [7, 11) is 1.56. The van der Waals surface area contributed by atoms with Crippen LogP contribution >= 0.6 is 0 Å². The van der Waals surface area contributed by atoms with E-state index in [1.54, 1.807) is 30.0 Å². The molecule has 0 radical (unpaired) electrons. The molecule has 0 fully saturated rings. The Morgan fingerprint density at radius 2 is 2.10 bits per heavy atom. The van der Waals surface area contributed by atoms with Crippen LogP contribution in [0.3, 0.4) is 0 Å². The van der Waals surface area contributed by atoms with Crippen LogP contribution in [0, 0.1) is 6.92 Å². The minimum absolute atomic E-state index is 0.0499. The summed E-state index contributed by atoms with van der Waals surface area (Å²) in [4.78, 5) is 0. The Bertz CT molecular complexity index is 623. The number of rotatable bonds is 6. The summed E-state index contributed by atoms with van der Waals surface area (Å²) in [6.07, 6.45) is 0.928. The van der Waals surface area contributed by atoms with Gasteiger partial charge in [0, 0.05) is 6.54 Å². The van der Waals surface area contributed by atoms with Gasteiger partial charge < -0.3 is 20.3 Å². The summed E-state index contributed by atoms with van der Waals surface area (Å²) in [5.74, 6) is 1.60. The van der Waals surface area contributed by atoms with Crippen molar-refractivity contribution in [3.8, 4) is 17.4 Å². The SMILES string of the molecule is CCCn1nc(C)c(N)c1Oc1ccc(CO)cc1OC. The molecular formula is C15H21N3O3. The van der Waals surface area contributed by atoms with Gasteiger partial charge in [0.05, 0.1) is 19.4 Å². The largest absolute Gasteiger partial charge is 0.493 e. The molecule has 0 aliphatic heterocycles. The Hall–Kier alpha value is -2.21. The number of nitrogens with zero attached hydrogens (tertiary/aromatic N) is 2. The van der Waals surface area contributed by atoms with Crippen LogP contribution < -0.4 is 15.2 Å². The van der Waals surface area contributed by atoms with Crippen molar-refractivity contribution in [2.24, 2.45) is 0 Å². The van der Waals surface area contributed by atoms with E-state index in [0.717, 1.165) is 24.2 Å². The first-order chi connectivity index (χ1) is 10.1. The third-order valence-electron chi connectivity index (χ3n) is 3.18. The van der Waals surface area contributed by atoms with Crippen LogP contribution in [0.5, 0.6) is 17.4 Å². The summed E-state index contributed by atoms with van der Waals surface area (Å²) in [5, 5.41) is 13.5. The maximum Gasteiger partial charge on any atom is 0.241 e. The second-order valence-corrected chi connectivity index (χ2v) is 4.77. The van der Waals surface area contributed by atoms with Gasteiger partial charge in [0.2, 0.25) is 5.88 Å². The van der Waals surface area contributed by atoms with Gasteiger partial charge >= 0.3 is 0 Å². The van der Waals surface area contributed by atoms with Gasteiger partial charge in [0.1, 0.15) is 5.69 Å². The number of benzene rings is 1. The van der Waals surface area contributed by atoms with Crippen molar-refractivity contribution < 1.29 is 14.6 Å². The van der Waals surface area contributed by atoms with E-state index in [9.17, 15) is 0 Å². The standard InChI is InChI=1S/C15H21N3O3/c1-4-7-18-15(14(16)10(2)17-18)21-12-6-5-11(9-19)8-13(12)20-3/h5-6,8,19H,4,7,9,16H2,1-3H3. The highest BCUT2D eigenvalue weighted by molar-refractivity contribution is 5.55. The Labute approximate surface area is 124 Å². The smallest absolute Gasteiger partial charge is 0.241 e. The molecule has 0 atom stereocenters.